The molecule has 0 aliphatic carbocycles. The van der Waals surface area contributed by atoms with Crippen molar-refractivity contribution in [1.82, 2.24) is 5.32 Å². The number of nitrogens with one attached hydrogen (secondary N) is 1. The van der Waals surface area contributed by atoms with Gasteiger partial charge in [0.1, 0.15) is 5.58 Å². The Morgan fingerprint density at radius 3 is 2.81 bits per heavy atom. The molecule has 1 N–H and O–H groups in total. The zero-order valence-corrected chi connectivity index (χ0v) is 12.6. The Balaban J connectivity index is 1.58. The monoisotopic (exact) mass is 307 g/mol. The molecule has 0 saturated carbocycles. The largest absolute Gasteiger partial charge is 0.451 e. The minimum Gasteiger partial charge on any atom is -0.451 e. The van der Waals surface area contributed by atoms with Crippen LogP contribution in [-0.4, -0.2) is 32.4 Å². The Morgan fingerprint density at radius 1 is 1.38 bits per heavy atom. The third kappa shape index (κ3) is 2.95. The lowest BCUT2D eigenvalue weighted by atomic mass is 10.1. The number of rotatable bonds is 4. The van der Waals surface area contributed by atoms with E-state index >= 15 is 0 Å². The van der Waals surface area contributed by atoms with Crippen molar-refractivity contribution in [2.75, 3.05) is 18.1 Å². The van der Waals surface area contributed by atoms with Crippen LogP contribution in [0.15, 0.2) is 28.7 Å². The molecule has 0 atom stereocenters. The summed E-state index contributed by atoms with van der Waals surface area (Å²) >= 11 is 0. The van der Waals surface area contributed by atoms with E-state index in [1.54, 1.807) is 6.07 Å². The smallest absolute Gasteiger partial charge is 0.287 e. The first-order valence-corrected chi connectivity index (χ1v) is 8.74. The second kappa shape index (κ2) is 5.18. The average molecular weight is 307 g/mol. The van der Waals surface area contributed by atoms with Gasteiger partial charge in [0.25, 0.3) is 5.91 Å². The predicted molar refractivity (Wildman–Crippen MR) is 80.0 cm³/mol. The van der Waals surface area contributed by atoms with Crippen LogP contribution >= 0.6 is 0 Å². The molecule has 1 aromatic heterocycles. The van der Waals surface area contributed by atoms with Gasteiger partial charge in [-0.05, 0) is 37.0 Å². The molecule has 6 heteroatoms. The van der Waals surface area contributed by atoms with E-state index < -0.39 is 9.84 Å². The number of hydrogen-bond acceptors (Lipinski definition) is 4. The molecule has 3 rings (SSSR count). The maximum Gasteiger partial charge on any atom is 0.287 e. The van der Waals surface area contributed by atoms with Gasteiger partial charge in [-0.3, -0.25) is 4.79 Å². The summed E-state index contributed by atoms with van der Waals surface area (Å²) < 4.78 is 27.6. The van der Waals surface area contributed by atoms with Gasteiger partial charge in [-0.1, -0.05) is 12.1 Å². The summed E-state index contributed by atoms with van der Waals surface area (Å²) in [6.07, 6.45) is 0.685. The van der Waals surface area contributed by atoms with Crippen LogP contribution in [0.2, 0.25) is 0 Å². The summed E-state index contributed by atoms with van der Waals surface area (Å²) in [6.45, 7) is 2.44. The van der Waals surface area contributed by atoms with E-state index in [0.717, 1.165) is 10.9 Å². The van der Waals surface area contributed by atoms with Gasteiger partial charge in [-0.15, -0.1) is 0 Å². The summed E-state index contributed by atoms with van der Waals surface area (Å²) in [5, 5.41) is 3.72. The van der Waals surface area contributed by atoms with Crippen LogP contribution in [0.4, 0.5) is 0 Å². The Morgan fingerprint density at radius 2 is 2.14 bits per heavy atom. The van der Waals surface area contributed by atoms with Crippen molar-refractivity contribution >= 4 is 26.7 Å². The highest BCUT2D eigenvalue weighted by atomic mass is 32.2. The number of carbonyl (C=O) groups excluding carboxylic acids is 1. The van der Waals surface area contributed by atoms with Crippen molar-refractivity contribution < 1.29 is 17.6 Å². The Hall–Kier alpha value is -1.82. The number of amides is 1. The number of furan rings is 1. The molecular formula is C15H17NO4S. The number of fused-ring (bicyclic) bond motifs is 1. The third-order valence-corrected chi connectivity index (χ3v) is 5.78. The summed E-state index contributed by atoms with van der Waals surface area (Å²) in [5.41, 5.74) is 1.76. The fourth-order valence-corrected chi connectivity index (χ4v) is 4.30. The molecule has 0 bridgehead atoms. The Labute approximate surface area is 123 Å². The summed E-state index contributed by atoms with van der Waals surface area (Å²) in [6, 6.07) is 7.43. The molecule has 5 nitrogen and oxygen atoms in total. The highest BCUT2D eigenvalue weighted by molar-refractivity contribution is 7.92. The third-order valence-electron chi connectivity index (χ3n) is 3.82. The molecule has 1 saturated heterocycles. The molecule has 1 aliphatic rings. The van der Waals surface area contributed by atoms with Crippen molar-refractivity contribution in [3.05, 3.63) is 35.6 Å². The van der Waals surface area contributed by atoms with Crippen LogP contribution in [0.5, 0.6) is 0 Å². The van der Waals surface area contributed by atoms with Crippen LogP contribution in [0.25, 0.3) is 11.0 Å². The second-order valence-electron chi connectivity index (χ2n) is 5.58. The lowest BCUT2D eigenvalue weighted by molar-refractivity contribution is 0.0926. The summed E-state index contributed by atoms with van der Waals surface area (Å²) in [5.74, 6) is 0.695. The van der Waals surface area contributed by atoms with Crippen molar-refractivity contribution in [2.24, 2.45) is 5.92 Å². The average Bonchev–Trinajstić information content (AvgIpc) is 2.82. The first kappa shape index (κ1) is 14.1. The highest BCUT2D eigenvalue weighted by Crippen LogP contribution is 2.23. The first-order valence-electron chi connectivity index (χ1n) is 6.92. The topological polar surface area (TPSA) is 76.4 Å². The minimum atomic E-state index is -2.79. The van der Waals surface area contributed by atoms with Crippen molar-refractivity contribution in [3.8, 4) is 0 Å². The fraction of sp³-hybridized carbons (Fsp3) is 0.400. The van der Waals surface area contributed by atoms with Crippen LogP contribution in [-0.2, 0) is 9.84 Å². The molecule has 0 spiro atoms. The van der Waals surface area contributed by atoms with Gasteiger partial charge in [0.15, 0.2) is 15.6 Å². The standard InChI is InChI=1S/C15H17NO4S/c1-10-3-2-4-13-12(10)7-14(20-13)15(17)16-6-5-11-8-21(18,19)9-11/h2-4,7,11H,5-6,8-9H2,1H3,(H,16,17). The molecule has 2 heterocycles. The molecule has 21 heavy (non-hydrogen) atoms. The maximum absolute atomic E-state index is 12.0. The van der Waals surface area contributed by atoms with Gasteiger partial charge in [0, 0.05) is 11.9 Å². The summed E-state index contributed by atoms with van der Waals surface area (Å²) in [7, 11) is -2.79. The molecular weight excluding hydrogens is 290 g/mol. The molecule has 1 aliphatic heterocycles. The quantitative estimate of drug-likeness (QED) is 0.936. The van der Waals surface area contributed by atoms with Crippen LogP contribution in [0, 0.1) is 12.8 Å². The molecule has 2 aromatic rings. The van der Waals surface area contributed by atoms with Gasteiger partial charge < -0.3 is 9.73 Å². The van der Waals surface area contributed by atoms with E-state index in [-0.39, 0.29) is 23.3 Å². The van der Waals surface area contributed by atoms with E-state index in [1.165, 1.54) is 0 Å². The normalized spacial score (nSPS) is 17.6. The van der Waals surface area contributed by atoms with Crippen LogP contribution in [0.3, 0.4) is 0 Å². The van der Waals surface area contributed by atoms with Crippen molar-refractivity contribution in [2.45, 2.75) is 13.3 Å². The molecule has 112 valence electrons. The van der Waals surface area contributed by atoms with Crippen LogP contribution in [0.1, 0.15) is 22.5 Å². The predicted octanol–water partition coefficient (Wildman–Crippen LogP) is 1.91. The van der Waals surface area contributed by atoms with Gasteiger partial charge >= 0.3 is 0 Å². The van der Waals surface area contributed by atoms with Gasteiger partial charge in [-0.25, -0.2) is 8.42 Å². The summed E-state index contributed by atoms with van der Waals surface area (Å²) in [4.78, 5) is 12.0. The highest BCUT2D eigenvalue weighted by Gasteiger charge is 2.32. The number of aryl methyl sites for hydroxylation is 1. The second-order valence-corrected chi connectivity index (χ2v) is 7.74. The molecule has 0 unspecified atom stereocenters. The van der Waals surface area contributed by atoms with E-state index in [0.29, 0.717) is 24.3 Å². The van der Waals surface area contributed by atoms with Gasteiger partial charge in [0.2, 0.25) is 0 Å². The maximum atomic E-state index is 12.0. The first-order chi connectivity index (χ1) is 9.94. The molecule has 0 radical (unpaired) electrons. The van der Waals surface area contributed by atoms with E-state index in [9.17, 15) is 13.2 Å². The Bertz CT molecular complexity index is 779. The lowest BCUT2D eigenvalue weighted by Crippen LogP contribution is -2.38. The number of sulfone groups is 1. The molecule has 1 fully saturated rings. The Kier molecular flexibility index (Phi) is 3.49. The SMILES string of the molecule is Cc1cccc2oc(C(=O)NCCC3CS(=O)(=O)C3)cc12. The van der Waals surface area contributed by atoms with E-state index in [2.05, 4.69) is 5.32 Å². The fourth-order valence-electron chi connectivity index (χ4n) is 2.63. The van der Waals surface area contributed by atoms with E-state index in [4.69, 9.17) is 4.42 Å². The number of hydrogen-bond donors (Lipinski definition) is 1. The molecule has 1 aromatic carbocycles. The van der Waals surface area contributed by atoms with Gasteiger partial charge in [0.05, 0.1) is 11.5 Å². The zero-order valence-electron chi connectivity index (χ0n) is 11.8. The lowest BCUT2D eigenvalue weighted by Gasteiger charge is -2.25. The van der Waals surface area contributed by atoms with E-state index in [1.807, 2.05) is 25.1 Å². The number of carbonyl (C=O) groups is 1. The minimum absolute atomic E-state index is 0.174. The van der Waals surface area contributed by atoms with Crippen molar-refractivity contribution in [3.63, 3.8) is 0 Å². The molecule has 1 amide bonds. The van der Waals surface area contributed by atoms with Crippen LogP contribution < -0.4 is 5.32 Å². The zero-order chi connectivity index (χ0) is 15.0. The van der Waals surface area contributed by atoms with Gasteiger partial charge in [-0.2, -0.15) is 0 Å². The van der Waals surface area contributed by atoms with Crippen molar-refractivity contribution in [1.29, 1.82) is 0 Å². The number of benzene rings is 1.